The number of hydrogen-bond donors (Lipinski definition) is 0. The largest absolute Gasteiger partial charge is 0.349 e. The molecule has 1 heterocycles. The van der Waals surface area contributed by atoms with Crippen LogP contribution < -0.4 is 0 Å². The van der Waals surface area contributed by atoms with Gasteiger partial charge in [-0.05, 0) is 17.8 Å². The molecule has 0 aromatic carbocycles. The van der Waals surface area contributed by atoms with E-state index < -0.39 is 5.79 Å². The quantitative estimate of drug-likeness (QED) is 0.734. The van der Waals surface area contributed by atoms with Crippen LogP contribution in [0.25, 0.3) is 0 Å². The van der Waals surface area contributed by atoms with Crippen LogP contribution in [0.4, 0.5) is 0 Å². The molecule has 3 aliphatic rings. The first-order chi connectivity index (χ1) is 9.80. The highest BCUT2D eigenvalue weighted by molar-refractivity contribution is 5.76. The zero-order valence-corrected chi connectivity index (χ0v) is 13.6. The molecule has 0 bridgehead atoms. The molecule has 1 saturated heterocycles. The van der Waals surface area contributed by atoms with Gasteiger partial charge < -0.3 is 14.4 Å². The lowest BCUT2D eigenvalue weighted by Gasteiger charge is -2.42. The van der Waals surface area contributed by atoms with Gasteiger partial charge in [-0.3, -0.25) is 4.79 Å². The Kier molecular flexibility index (Phi) is 3.65. The maximum Gasteiger partial charge on any atom is 0.222 e. The Morgan fingerprint density at radius 2 is 1.86 bits per heavy atom. The minimum Gasteiger partial charge on any atom is -0.349 e. The molecule has 0 aromatic heterocycles. The molecule has 0 radical (unpaired) electrons. The van der Waals surface area contributed by atoms with Crippen LogP contribution >= 0.6 is 0 Å². The minimum atomic E-state index is -0.394. The van der Waals surface area contributed by atoms with Gasteiger partial charge in [0.15, 0.2) is 5.79 Å². The fraction of sp³-hybridized carbons (Fsp3) is 0.824. The number of carbonyl (C=O) groups excluding carboxylic acids is 1. The van der Waals surface area contributed by atoms with E-state index in [0.717, 1.165) is 26.1 Å². The number of ether oxygens (including phenoxy) is 2. The van der Waals surface area contributed by atoms with Crippen molar-refractivity contribution in [2.24, 2.45) is 23.2 Å². The Labute approximate surface area is 127 Å². The van der Waals surface area contributed by atoms with E-state index in [4.69, 9.17) is 9.47 Å². The van der Waals surface area contributed by atoms with Crippen molar-refractivity contribution in [3.05, 3.63) is 12.2 Å². The molecule has 0 aromatic rings. The molecule has 2 fully saturated rings. The van der Waals surface area contributed by atoms with Crippen LogP contribution in [0.3, 0.4) is 0 Å². The summed E-state index contributed by atoms with van der Waals surface area (Å²) in [6.07, 6.45) is 6.98. The molecule has 0 unspecified atom stereocenters. The van der Waals surface area contributed by atoms with Crippen LogP contribution in [0.2, 0.25) is 0 Å². The van der Waals surface area contributed by atoms with E-state index in [2.05, 4.69) is 26.0 Å². The molecule has 1 amide bonds. The zero-order chi connectivity index (χ0) is 15.3. The molecule has 1 aliphatic heterocycles. The van der Waals surface area contributed by atoms with Crippen molar-refractivity contribution in [3.63, 3.8) is 0 Å². The second-order valence-electron chi connectivity index (χ2n) is 7.93. The fourth-order valence-corrected chi connectivity index (χ4v) is 3.79. The normalized spacial score (nSPS) is 35.9. The topological polar surface area (TPSA) is 38.8 Å². The highest BCUT2D eigenvalue weighted by Gasteiger charge is 2.53. The van der Waals surface area contributed by atoms with Crippen molar-refractivity contribution in [1.29, 1.82) is 0 Å². The molecule has 0 N–H and O–H groups in total. The van der Waals surface area contributed by atoms with Crippen LogP contribution in [0.1, 0.15) is 33.1 Å². The van der Waals surface area contributed by atoms with Crippen molar-refractivity contribution in [2.45, 2.75) is 38.9 Å². The Morgan fingerprint density at radius 3 is 2.48 bits per heavy atom. The molecule has 1 saturated carbocycles. The zero-order valence-electron chi connectivity index (χ0n) is 13.6. The predicted molar refractivity (Wildman–Crippen MR) is 80.6 cm³/mol. The number of hydrogen-bond acceptors (Lipinski definition) is 3. The van der Waals surface area contributed by atoms with Gasteiger partial charge in [0.05, 0.1) is 13.2 Å². The van der Waals surface area contributed by atoms with Gasteiger partial charge in [0.1, 0.15) is 0 Å². The summed E-state index contributed by atoms with van der Waals surface area (Å²) >= 11 is 0. The Balaban J connectivity index is 1.64. The van der Waals surface area contributed by atoms with Crippen LogP contribution in [0.15, 0.2) is 12.2 Å². The molecule has 4 heteroatoms. The summed E-state index contributed by atoms with van der Waals surface area (Å²) in [4.78, 5) is 13.7. The summed E-state index contributed by atoms with van der Waals surface area (Å²) in [6, 6.07) is 0. The van der Waals surface area contributed by atoms with E-state index in [9.17, 15) is 4.79 Å². The maximum atomic E-state index is 12.0. The molecule has 21 heavy (non-hydrogen) atoms. The van der Waals surface area contributed by atoms with Gasteiger partial charge in [-0.2, -0.15) is 0 Å². The summed E-state index contributed by atoms with van der Waals surface area (Å²) in [6.45, 7) is 5.87. The summed E-state index contributed by atoms with van der Waals surface area (Å²) in [7, 11) is 3.65. The van der Waals surface area contributed by atoms with E-state index in [1.165, 1.54) is 0 Å². The van der Waals surface area contributed by atoms with Crippen LogP contribution in [0.5, 0.6) is 0 Å². The number of amides is 1. The molecule has 3 rings (SSSR count). The number of fused-ring (bicyclic) bond motifs is 1. The number of rotatable bonds is 2. The minimum absolute atomic E-state index is 0.110. The van der Waals surface area contributed by atoms with Crippen molar-refractivity contribution in [3.8, 4) is 0 Å². The smallest absolute Gasteiger partial charge is 0.222 e. The van der Waals surface area contributed by atoms with E-state index in [1.807, 2.05) is 14.1 Å². The first-order valence-electron chi connectivity index (χ1n) is 7.97. The van der Waals surface area contributed by atoms with Crippen molar-refractivity contribution >= 4 is 5.91 Å². The second kappa shape index (κ2) is 5.10. The SMILES string of the molecule is CN(C)C(=O)C[C@H]1C=C[C@@H]2CC3(C[C@H]12)OCC(C)(C)CO3. The Bertz CT molecular complexity index is 445. The molecular formula is C17H27NO3. The van der Waals surface area contributed by atoms with Gasteiger partial charge in [-0.25, -0.2) is 0 Å². The summed E-state index contributed by atoms with van der Waals surface area (Å²) in [5.41, 5.74) is 0.110. The standard InChI is InChI=1S/C17H27NO3/c1-16(2)10-20-17(21-11-16)8-13-6-5-12(14(13)9-17)7-15(19)18(3)4/h5-6,12-14H,7-11H2,1-4H3/t12-,13-,14-/m1/s1. The highest BCUT2D eigenvalue weighted by atomic mass is 16.7. The predicted octanol–water partition coefficient (Wildman–Crippen LogP) is 2.45. The van der Waals surface area contributed by atoms with E-state index in [-0.39, 0.29) is 11.3 Å². The first kappa shape index (κ1) is 15.0. The van der Waals surface area contributed by atoms with Gasteiger partial charge >= 0.3 is 0 Å². The lowest BCUT2D eigenvalue weighted by molar-refractivity contribution is -0.297. The average Bonchev–Trinajstić information content (AvgIpc) is 2.93. The third-order valence-electron chi connectivity index (χ3n) is 5.16. The van der Waals surface area contributed by atoms with Crippen LogP contribution in [-0.2, 0) is 14.3 Å². The van der Waals surface area contributed by atoms with E-state index >= 15 is 0 Å². The molecular weight excluding hydrogens is 266 g/mol. The summed E-state index contributed by atoms with van der Waals surface area (Å²) in [5.74, 6) is 1.15. The van der Waals surface area contributed by atoms with Gasteiger partial charge in [0.25, 0.3) is 0 Å². The molecule has 1 spiro atoms. The molecule has 4 nitrogen and oxygen atoms in total. The summed E-state index contributed by atoms with van der Waals surface area (Å²) in [5, 5.41) is 0. The fourth-order valence-electron chi connectivity index (χ4n) is 3.79. The average molecular weight is 293 g/mol. The molecule has 118 valence electrons. The van der Waals surface area contributed by atoms with E-state index in [1.54, 1.807) is 4.90 Å². The van der Waals surface area contributed by atoms with Gasteiger partial charge in [-0.15, -0.1) is 0 Å². The lowest BCUT2D eigenvalue weighted by atomic mass is 9.88. The van der Waals surface area contributed by atoms with Gasteiger partial charge in [0, 0.05) is 38.8 Å². The van der Waals surface area contributed by atoms with Gasteiger partial charge in [-0.1, -0.05) is 26.0 Å². The third-order valence-corrected chi connectivity index (χ3v) is 5.16. The molecule has 2 aliphatic carbocycles. The van der Waals surface area contributed by atoms with Crippen molar-refractivity contribution in [1.82, 2.24) is 4.90 Å². The third kappa shape index (κ3) is 2.88. The first-order valence-corrected chi connectivity index (χ1v) is 7.97. The maximum absolute atomic E-state index is 12.0. The Hall–Kier alpha value is -0.870. The van der Waals surface area contributed by atoms with Crippen LogP contribution in [0, 0.1) is 23.2 Å². The van der Waals surface area contributed by atoms with Crippen LogP contribution in [-0.4, -0.2) is 43.9 Å². The second-order valence-corrected chi connectivity index (χ2v) is 7.93. The number of allylic oxidation sites excluding steroid dienone is 2. The summed E-state index contributed by atoms with van der Waals surface area (Å²) < 4.78 is 12.3. The van der Waals surface area contributed by atoms with Crippen molar-refractivity contribution in [2.75, 3.05) is 27.3 Å². The monoisotopic (exact) mass is 293 g/mol. The van der Waals surface area contributed by atoms with Gasteiger partial charge in [0.2, 0.25) is 5.91 Å². The Morgan fingerprint density at radius 1 is 1.19 bits per heavy atom. The number of nitrogens with zero attached hydrogens (tertiary/aromatic N) is 1. The van der Waals surface area contributed by atoms with Crippen molar-refractivity contribution < 1.29 is 14.3 Å². The lowest BCUT2D eigenvalue weighted by Crippen LogP contribution is -2.46. The number of carbonyl (C=O) groups is 1. The highest BCUT2D eigenvalue weighted by Crippen LogP contribution is 2.52. The molecule has 3 atom stereocenters. The van der Waals surface area contributed by atoms with E-state index in [0.29, 0.717) is 24.2 Å².